The fraction of sp³-hybridized carbons (Fsp3) is 0.143. The van der Waals surface area contributed by atoms with E-state index in [2.05, 4.69) is 10.6 Å². The number of carbonyl (C=O) groups excluding carboxylic acids is 2. The van der Waals surface area contributed by atoms with Gasteiger partial charge < -0.3 is 24.8 Å². The molecule has 0 saturated heterocycles. The van der Waals surface area contributed by atoms with Gasteiger partial charge in [0.15, 0.2) is 11.5 Å². The highest BCUT2D eigenvalue weighted by molar-refractivity contribution is 7.13. The topological polar surface area (TPSA) is 85.9 Å². The maximum absolute atomic E-state index is 12.8. The molecule has 2 amide bonds. The maximum atomic E-state index is 12.8. The normalized spacial score (nSPS) is 11.9. The summed E-state index contributed by atoms with van der Waals surface area (Å²) in [5.41, 5.74) is 2.33. The lowest BCUT2D eigenvalue weighted by molar-refractivity contribution is -0.119. The Morgan fingerprint density at radius 2 is 1.90 bits per heavy atom. The van der Waals surface area contributed by atoms with E-state index < -0.39 is 0 Å². The minimum absolute atomic E-state index is 0.0811. The van der Waals surface area contributed by atoms with Crippen LogP contribution in [0.4, 0.5) is 11.4 Å². The Labute approximate surface area is 171 Å². The molecule has 0 bridgehead atoms. The summed E-state index contributed by atoms with van der Waals surface area (Å²) in [5.74, 6) is 0.496. The minimum atomic E-state index is -0.325. The predicted octanol–water partition coefficient (Wildman–Crippen LogP) is 3.98. The number of thiophene rings is 1. The number of rotatable bonds is 6. The van der Waals surface area contributed by atoms with Gasteiger partial charge in [-0.05, 0) is 47.3 Å². The summed E-state index contributed by atoms with van der Waals surface area (Å²) in [6, 6.07) is 14.4. The lowest BCUT2D eigenvalue weighted by atomic mass is 10.1. The number of hydrogen-bond acceptors (Lipinski definition) is 6. The van der Waals surface area contributed by atoms with Crippen molar-refractivity contribution in [3.05, 3.63) is 59.5 Å². The summed E-state index contributed by atoms with van der Waals surface area (Å²) < 4.78 is 15.5. The molecular weight excluding hydrogens is 392 g/mol. The maximum Gasteiger partial charge on any atom is 0.255 e. The minimum Gasteiger partial charge on any atom is -0.454 e. The van der Waals surface area contributed by atoms with E-state index in [4.69, 9.17) is 14.2 Å². The van der Waals surface area contributed by atoms with Gasteiger partial charge >= 0.3 is 0 Å². The Bertz CT molecular complexity index is 1050. The zero-order valence-electron chi connectivity index (χ0n) is 15.6. The van der Waals surface area contributed by atoms with Gasteiger partial charge in [0.1, 0.15) is 6.61 Å². The summed E-state index contributed by atoms with van der Waals surface area (Å²) >= 11 is 1.59. The number of amides is 2. The van der Waals surface area contributed by atoms with Crippen LogP contribution in [0.5, 0.6) is 11.5 Å². The molecule has 2 N–H and O–H groups in total. The average molecular weight is 410 g/mol. The standard InChI is InChI=1S/C21H18N2O5S/c1-26-11-20(24)22-15-6-4-13(19-3-2-8-29-19)9-16(15)23-21(25)14-5-7-17-18(10-14)28-12-27-17/h2-10H,11-12H2,1H3,(H,22,24)(H,23,25). The Morgan fingerprint density at radius 1 is 1.03 bits per heavy atom. The van der Waals surface area contributed by atoms with Crippen LogP contribution < -0.4 is 20.1 Å². The molecule has 0 saturated carbocycles. The summed E-state index contributed by atoms with van der Waals surface area (Å²) in [5, 5.41) is 7.62. The first-order chi connectivity index (χ1) is 14.1. The van der Waals surface area contributed by atoms with E-state index in [1.54, 1.807) is 35.6 Å². The van der Waals surface area contributed by atoms with Gasteiger partial charge in [0, 0.05) is 17.6 Å². The molecule has 0 spiro atoms. The fourth-order valence-electron chi connectivity index (χ4n) is 2.90. The van der Waals surface area contributed by atoms with Crippen molar-refractivity contribution in [2.24, 2.45) is 0 Å². The van der Waals surface area contributed by atoms with Gasteiger partial charge in [0.05, 0.1) is 11.4 Å². The van der Waals surface area contributed by atoms with Crippen LogP contribution in [0.2, 0.25) is 0 Å². The SMILES string of the molecule is COCC(=O)Nc1ccc(-c2cccs2)cc1NC(=O)c1ccc2c(c1)OCO2. The van der Waals surface area contributed by atoms with E-state index in [1.165, 1.54) is 7.11 Å². The molecule has 0 fully saturated rings. The highest BCUT2D eigenvalue weighted by Gasteiger charge is 2.18. The van der Waals surface area contributed by atoms with E-state index in [0.29, 0.717) is 28.4 Å². The molecule has 2 aromatic carbocycles. The molecule has 148 valence electrons. The van der Waals surface area contributed by atoms with Crippen LogP contribution in [-0.4, -0.2) is 32.3 Å². The van der Waals surface area contributed by atoms with E-state index in [9.17, 15) is 9.59 Å². The van der Waals surface area contributed by atoms with Crippen LogP contribution in [0.3, 0.4) is 0 Å². The van der Waals surface area contributed by atoms with Crippen LogP contribution in [0.25, 0.3) is 10.4 Å². The predicted molar refractivity (Wildman–Crippen MR) is 111 cm³/mol. The number of ether oxygens (including phenoxy) is 3. The van der Waals surface area contributed by atoms with Gasteiger partial charge in [-0.25, -0.2) is 0 Å². The second kappa shape index (κ2) is 8.34. The molecule has 4 rings (SSSR count). The average Bonchev–Trinajstić information content (AvgIpc) is 3.40. The van der Waals surface area contributed by atoms with Crippen molar-refractivity contribution in [1.29, 1.82) is 0 Å². The van der Waals surface area contributed by atoms with Gasteiger partial charge in [0.25, 0.3) is 5.91 Å². The third-order valence-corrected chi connectivity index (χ3v) is 5.18. The molecule has 7 nitrogen and oxygen atoms in total. The summed E-state index contributed by atoms with van der Waals surface area (Å²) in [7, 11) is 1.45. The third-order valence-electron chi connectivity index (χ3n) is 4.26. The quantitative estimate of drug-likeness (QED) is 0.642. The van der Waals surface area contributed by atoms with E-state index in [0.717, 1.165) is 10.4 Å². The van der Waals surface area contributed by atoms with Gasteiger partial charge in [-0.1, -0.05) is 12.1 Å². The number of carbonyl (C=O) groups is 2. The van der Waals surface area contributed by atoms with Crippen molar-refractivity contribution < 1.29 is 23.8 Å². The van der Waals surface area contributed by atoms with Crippen LogP contribution in [0.15, 0.2) is 53.9 Å². The van der Waals surface area contributed by atoms with Crippen molar-refractivity contribution in [2.75, 3.05) is 31.1 Å². The van der Waals surface area contributed by atoms with Crippen molar-refractivity contribution >= 4 is 34.5 Å². The molecule has 1 aliphatic heterocycles. The van der Waals surface area contributed by atoms with Crippen molar-refractivity contribution in [3.63, 3.8) is 0 Å². The Hall–Kier alpha value is -3.36. The number of anilines is 2. The molecule has 0 unspecified atom stereocenters. The molecule has 1 aromatic heterocycles. The number of hydrogen-bond donors (Lipinski definition) is 2. The monoisotopic (exact) mass is 410 g/mol. The zero-order valence-corrected chi connectivity index (χ0v) is 16.4. The molecule has 2 heterocycles. The Morgan fingerprint density at radius 3 is 2.69 bits per heavy atom. The van der Waals surface area contributed by atoms with Gasteiger partial charge in [-0.15, -0.1) is 11.3 Å². The van der Waals surface area contributed by atoms with Crippen molar-refractivity contribution in [2.45, 2.75) is 0 Å². The zero-order chi connectivity index (χ0) is 20.2. The molecule has 1 aliphatic rings. The number of nitrogens with one attached hydrogen (secondary N) is 2. The third kappa shape index (κ3) is 4.23. The molecule has 8 heteroatoms. The van der Waals surface area contributed by atoms with E-state index in [-0.39, 0.29) is 25.2 Å². The van der Waals surface area contributed by atoms with Gasteiger partial charge in [-0.2, -0.15) is 0 Å². The lowest BCUT2D eigenvalue weighted by Gasteiger charge is -2.14. The number of methoxy groups -OCH3 is 1. The smallest absolute Gasteiger partial charge is 0.255 e. The first-order valence-corrected chi connectivity index (χ1v) is 9.70. The second-order valence-electron chi connectivity index (χ2n) is 6.24. The highest BCUT2D eigenvalue weighted by atomic mass is 32.1. The van der Waals surface area contributed by atoms with Gasteiger partial charge in [-0.3, -0.25) is 9.59 Å². The van der Waals surface area contributed by atoms with E-state index in [1.807, 2.05) is 29.6 Å². The largest absolute Gasteiger partial charge is 0.454 e. The fourth-order valence-corrected chi connectivity index (χ4v) is 3.63. The van der Waals surface area contributed by atoms with Crippen LogP contribution >= 0.6 is 11.3 Å². The van der Waals surface area contributed by atoms with E-state index >= 15 is 0 Å². The summed E-state index contributed by atoms with van der Waals surface area (Å²) in [6.45, 7) is 0.0567. The number of fused-ring (bicyclic) bond motifs is 1. The van der Waals surface area contributed by atoms with Crippen LogP contribution in [-0.2, 0) is 9.53 Å². The molecule has 0 aliphatic carbocycles. The van der Waals surface area contributed by atoms with Gasteiger partial charge in [0.2, 0.25) is 12.7 Å². The van der Waals surface area contributed by atoms with Crippen LogP contribution in [0.1, 0.15) is 10.4 Å². The Kier molecular flexibility index (Phi) is 5.46. The molecule has 29 heavy (non-hydrogen) atoms. The molecular formula is C21H18N2O5S. The molecule has 3 aromatic rings. The lowest BCUT2D eigenvalue weighted by Crippen LogP contribution is -2.19. The molecule has 0 atom stereocenters. The summed E-state index contributed by atoms with van der Waals surface area (Å²) in [6.07, 6.45) is 0. The first-order valence-electron chi connectivity index (χ1n) is 8.82. The second-order valence-corrected chi connectivity index (χ2v) is 7.19. The number of benzene rings is 2. The van der Waals surface area contributed by atoms with Crippen molar-refractivity contribution in [1.82, 2.24) is 0 Å². The first kappa shape index (κ1) is 19.0. The highest BCUT2D eigenvalue weighted by Crippen LogP contribution is 2.34. The van der Waals surface area contributed by atoms with Crippen LogP contribution in [0, 0.1) is 0 Å². The molecule has 0 radical (unpaired) electrons. The Balaban J connectivity index is 1.63. The van der Waals surface area contributed by atoms with Crippen molar-refractivity contribution in [3.8, 4) is 21.9 Å². The summed E-state index contributed by atoms with van der Waals surface area (Å²) in [4.78, 5) is 25.9.